The quantitative estimate of drug-likeness (QED) is 0.416. The maximum Gasteiger partial charge on any atom is 0.325 e. The van der Waals surface area contributed by atoms with Gasteiger partial charge in [-0.15, -0.1) is 0 Å². The van der Waals surface area contributed by atoms with Gasteiger partial charge in [-0.05, 0) is 31.2 Å². The molecule has 2 rings (SSSR count). The second-order valence-electron chi connectivity index (χ2n) is 6.40. The van der Waals surface area contributed by atoms with Crippen LogP contribution in [0.3, 0.4) is 0 Å². The van der Waals surface area contributed by atoms with Crippen LogP contribution < -0.4 is 10.8 Å². The Bertz CT molecular complexity index is 627. The smallest absolute Gasteiger partial charge is 0.325 e. The molecule has 1 saturated heterocycles. The first-order valence-corrected chi connectivity index (χ1v) is 7.98. The van der Waals surface area contributed by atoms with Gasteiger partial charge in [-0.25, -0.2) is 15.2 Å². The molecule has 7 heteroatoms. The Morgan fingerprint density at radius 2 is 1.92 bits per heavy atom. The van der Waals surface area contributed by atoms with E-state index in [1.54, 1.807) is 13.8 Å². The minimum absolute atomic E-state index is 0.317. The molecule has 2 unspecified atom stereocenters. The van der Waals surface area contributed by atoms with Gasteiger partial charge in [0.1, 0.15) is 12.1 Å². The van der Waals surface area contributed by atoms with E-state index in [9.17, 15) is 14.4 Å². The summed E-state index contributed by atoms with van der Waals surface area (Å²) in [5, 5.41) is 11.5. The van der Waals surface area contributed by atoms with Gasteiger partial charge in [0.15, 0.2) is 0 Å². The number of imide groups is 1. The van der Waals surface area contributed by atoms with Crippen LogP contribution in [0.4, 0.5) is 4.79 Å². The topological polar surface area (TPSA) is 98.7 Å². The third-order valence-electron chi connectivity index (χ3n) is 4.18. The largest absolute Gasteiger partial charge is 0.326 e. The highest BCUT2D eigenvalue weighted by Crippen LogP contribution is 2.20. The van der Waals surface area contributed by atoms with Crippen LogP contribution in [-0.4, -0.2) is 40.0 Å². The Morgan fingerprint density at radius 1 is 1.29 bits per heavy atom. The first kappa shape index (κ1) is 17.9. The number of hydroxylamine groups is 1. The maximum atomic E-state index is 12.5. The van der Waals surface area contributed by atoms with Crippen molar-refractivity contribution in [2.75, 3.05) is 0 Å². The molecule has 0 aromatic heterocycles. The van der Waals surface area contributed by atoms with Crippen molar-refractivity contribution in [3.63, 3.8) is 0 Å². The Labute approximate surface area is 141 Å². The molecule has 130 valence electrons. The van der Waals surface area contributed by atoms with Crippen LogP contribution in [0.15, 0.2) is 24.3 Å². The third kappa shape index (κ3) is 3.73. The fraction of sp³-hybridized carbons (Fsp3) is 0.471. The Kier molecular flexibility index (Phi) is 5.56. The Morgan fingerprint density at radius 3 is 2.46 bits per heavy atom. The summed E-state index contributed by atoms with van der Waals surface area (Å²) in [6, 6.07) is 5.68. The molecule has 0 bridgehead atoms. The normalized spacial score (nSPS) is 18.7. The number of urea groups is 1. The first-order chi connectivity index (χ1) is 11.3. The minimum Gasteiger partial charge on any atom is -0.326 e. The van der Waals surface area contributed by atoms with Gasteiger partial charge in [-0.3, -0.25) is 14.8 Å². The molecule has 0 aliphatic carbocycles. The average Bonchev–Trinajstić information content (AvgIpc) is 2.82. The van der Waals surface area contributed by atoms with Crippen molar-refractivity contribution >= 4 is 17.8 Å². The lowest BCUT2D eigenvalue weighted by Crippen LogP contribution is -2.52. The number of benzene rings is 1. The highest BCUT2D eigenvalue weighted by atomic mass is 16.5. The molecule has 4 amide bonds. The first-order valence-electron chi connectivity index (χ1n) is 7.98. The Hall–Kier alpha value is -2.41. The van der Waals surface area contributed by atoms with Crippen LogP contribution >= 0.6 is 0 Å². The maximum absolute atomic E-state index is 12.5. The molecule has 7 nitrogen and oxygen atoms in total. The van der Waals surface area contributed by atoms with E-state index in [2.05, 4.69) is 5.32 Å². The van der Waals surface area contributed by atoms with E-state index >= 15 is 0 Å². The molecule has 1 aromatic carbocycles. The summed E-state index contributed by atoms with van der Waals surface area (Å²) in [6.45, 7) is 5.42. The van der Waals surface area contributed by atoms with E-state index in [-0.39, 0.29) is 5.92 Å². The molecule has 24 heavy (non-hydrogen) atoms. The van der Waals surface area contributed by atoms with Gasteiger partial charge in [0.05, 0.1) is 0 Å². The molecule has 1 heterocycles. The molecule has 0 saturated carbocycles. The fourth-order valence-electron chi connectivity index (χ4n) is 2.86. The van der Waals surface area contributed by atoms with Crippen molar-refractivity contribution in [2.45, 2.75) is 45.7 Å². The molecular formula is C17H23N3O4. The monoisotopic (exact) mass is 333 g/mol. The summed E-state index contributed by atoms with van der Waals surface area (Å²) in [7, 11) is 0. The summed E-state index contributed by atoms with van der Waals surface area (Å²) >= 11 is 0. The number of hydrogen-bond donors (Lipinski definition) is 3. The molecular weight excluding hydrogens is 310 g/mol. The van der Waals surface area contributed by atoms with E-state index in [4.69, 9.17) is 5.21 Å². The summed E-state index contributed by atoms with van der Waals surface area (Å²) < 4.78 is 0. The molecule has 3 N–H and O–H groups in total. The number of carbonyl (C=O) groups is 3. The standard InChI is InChI=1S/C17H23N3O4/c1-10(2)14(15(21)19-24)20-16(22)13(18-17(20)23)9-8-12-6-4-11(3)5-7-12/h4-7,10,13-14,24H,8-9H2,1-3H3,(H,18,23)(H,19,21). The fourth-order valence-corrected chi connectivity index (χ4v) is 2.86. The van der Waals surface area contributed by atoms with Crippen LogP contribution in [0.25, 0.3) is 0 Å². The zero-order valence-electron chi connectivity index (χ0n) is 14.1. The predicted octanol–water partition coefficient (Wildman–Crippen LogP) is 1.38. The highest BCUT2D eigenvalue weighted by molar-refractivity contribution is 6.07. The number of rotatable bonds is 6. The van der Waals surface area contributed by atoms with Crippen LogP contribution in [0.5, 0.6) is 0 Å². The van der Waals surface area contributed by atoms with E-state index in [1.807, 2.05) is 31.2 Å². The number of nitrogens with one attached hydrogen (secondary N) is 2. The second-order valence-corrected chi connectivity index (χ2v) is 6.40. The van der Waals surface area contributed by atoms with Gasteiger partial charge in [-0.2, -0.15) is 0 Å². The molecule has 0 spiro atoms. The van der Waals surface area contributed by atoms with Crippen molar-refractivity contribution < 1.29 is 19.6 Å². The van der Waals surface area contributed by atoms with Gasteiger partial charge >= 0.3 is 6.03 Å². The average molecular weight is 333 g/mol. The number of carbonyl (C=O) groups excluding carboxylic acids is 3. The van der Waals surface area contributed by atoms with Gasteiger partial charge in [0, 0.05) is 0 Å². The van der Waals surface area contributed by atoms with Crippen molar-refractivity contribution in [3.05, 3.63) is 35.4 Å². The lowest BCUT2D eigenvalue weighted by molar-refractivity contribution is -0.142. The number of amides is 4. The molecule has 1 aromatic rings. The summed E-state index contributed by atoms with van der Waals surface area (Å²) in [5.41, 5.74) is 3.77. The zero-order chi connectivity index (χ0) is 17.9. The Balaban J connectivity index is 2.07. The van der Waals surface area contributed by atoms with Crippen LogP contribution in [0, 0.1) is 12.8 Å². The molecule has 2 atom stereocenters. The van der Waals surface area contributed by atoms with Crippen molar-refractivity contribution in [3.8, 4) is 0 Å². The lowest BCUT2D eigenvalue weighted by atomic mass is 10.0. The number of aryl methyl sites for hydroxylation is 2. The zero-order valence-corrected chi connectivity index (χ0v) is 14.1. The van der Waals surface area contributed by atoms with E-state index in [0.29, 0.717) is 12.8 Å². The second kappa shape index (κ2) is 7.44. The van der Waals surface area contributed by atoms with Crippen LogP contribution in [0.2, 0.25) is 0 Å². The summed E-state index contributed by atoms with van der Waals surface area (Å²) in [6.07, 6.45) is 1.10. The molecule has 1 aliphatic rings. The van der Waals surface area contributed by atoms with Gasteiger partial charge in [-0.1, -0.05) is 43.7 Å². The van der Waals surface area contributed by atoms with Crippen molar-refractivity contribution in [1.82, 2.24) is 15.7 Å². The van der Waals surface area contributed by atoms with Gasteiger partial charge in [0.2, 0.25) is 0 Å². The third-order valence-corrected chi connectivity index (χ3v) is 4.18. The van der Waals surface area contributed by atoms with Crippen LogP contribution in [0.1, 0.15) is 31.4 Å². The van der Waals surface area contributed by atoms with Crippen molar-refractivity contribution in [2.24, 2.45) is 5.92 Å². The highest BCUT2D eigenvalue weighted by Gasteiger charge is 2.45. The predicted molar refractivity (Wildman–Crippen MR) is 87.2 cm³/mol. The molecule has 1 aliphatic heterocycles. The van der Waals surface area contributed by atoms with E-state index < -0.39 is 29.9 Å². The molecule has 1 fully saturated rings. The summed E-state index contributed by atoms with van der Waals surface area (Å²) in [4.78, 5) is 37.4. The van der Waals surface area contributed by atoms with Crippen LogP contribution in [-0.2, 0) is 16.0 Å². The van der Waals surface area contributed by atoms with Crippen molar-refractivity contribution in [1.29, 1.82) is 0 Å². The van der Waals surface area contributed by atoms with E-state index in [1.165, 1.54) is 5.48 Å². The lowest BCUT2D eigenvalue weighted by Gasteiger charge is -2.26. The SMILES string of the molecule is Cc1ccc(CCC2NC(=O)N(C(C(=O)NO)C(C)C)C2=O)cc1. The summed E-state index contributed by atoms with van der Waals surface area (Å²) in [5.74, 6) is -1.52. The molecule has 0 radical (unpaired) electrons. The number of hydrogen-bond acceptors (Lipinski definition) is 4. The number of nitrogens with zero attached hydrogens (tertiary/aromatic N) is 1. The van der Waals surface area contributed by atoms with Gasteiger partial charge < -0.3 is 5.32 Å². The minimum atomic E-state index is -1.04. The van der Waals surface area contributed by atoms with E-state index in [0.717, 1.165) is 16.0 Å². The van der Waals surface area contributed by atoms with Gasteiger partial charge in [0.25, 0.3) is 11.8 Å².